The van der Waals surface area contributed by atoms with E-state index in [2.05, 4.69) is 4.90 Å². The smallest absolute Gasteiger partial charge is 0.306 e. The molecular weight excluding hydrogens is 238 g/mol. The molecule has 92 valence electrons. The van der Waals surface area contributed by atoms with Gasteiger partial charge in [0, 0.05) is 23.8 Å². The third kappa shape index (κ3) is 2.72. The molecule has 1 aliphatic heterocycles. The second kappa shape index (κ2) is 4.96. The third-order valence-corrected chi connectivity index (χ3v) is 3.58. The number of hydrogen-bond donors (Lipinski definition) is 1. The quantitative estimate of drug-likeness (QED) is 0.881. The highest BCUT2D eigenvalue weighted by atomic mass is 35.5. The molecule has 0 bridgehead atoms. The van der Waals surface area contributed by atoms with Crippen molar-refractivity contribution in [1.29, 1.82) is 0 Å². The van der Waals surface area contributed by atoms with E-state index in [-0.39, 0.29) is 5.92 Å². The molecule has 3 nitrogen and oxygen atoms in total. The fourth-order valence-corrected chi connectivity index (χ4v) is 2.57. The molecule has 0 saturated carbocycles. The molecule has 1 saturated heterocycles. The predicted molar refractivity (Wildman–Crippen MR) is 68.8 cm³/mol. The number of carbonyl (C=O) groups is 1. The average molecular weight is 254 g/mol. The number of carboxylic acid groups (broad SMARTS) is 1. The van der Waals surface area contributed by atoms with Crippen LogP contribution in [0.4, 0.5) is 5.69 Å². The number of benzene rings is 1. The first-order chi connectivity index (χ1) is 8.08. The summed E-state index contributed by atoms with van der Waals surface area (Å²) in [6.07, 6.45) is 1.44. The van der Waals surface area contributed by atoms with Crippen molar-refractivity contribution in [3.63, 3.8) is 0 Å². The highest BCUT2D eigenvalue weighted by Crippen LogP contribution is 2.27. The Hall–Kier alpha value is -1.22. The maximum Gasteiger partial charge on any atom is 0.306 e. The Morgan fingerprint density at radius 3 is 2.59 bits per heavy atom. The van der Waals surface area contributed by atoms with Gasteiger partial charge in [-0.1, -0.05) is 11.6 Å². The largest absolute Gasteiger partial charge is 0.481 e. The zero-order valence-corrected chi connectivity index (χ0v) is 10.6. The minimum atomic E-state index is -0.669. The van der Waals surface area contributed by atoms with Crippen LogP contribution < -0.4 is 4.90 Å². The molecule has 1 aromatic rings. The number of aliphatic carboxylic acids is 1. The molecule has 1 heterocycles. The van der Waals surface area contributed by atoms with Crippen LogP contribution in [0.2, 0.25) is 5.02 Å². The van der Waals surface area contributed by atoms with Crippen LogP contribution in [-0.2, 0) is 4.79 Å². The molecule has 0 spiro atoms. The summed E-state index contributed by atoms with van der Waals surface area (Å²) in [5, 5.41) is 9.69. The van der Waals surface area contributed by atoms with Crippen molar-refractivity contribution in [3.05, 3.63) is 28.8 Å². The van der Waals surface area contributed by atoms with Crippen molar-refractivity contribution in [1.82, 2.24) is 0 Å². The molecule has 4 heteroatoms. The molecule has 0 aliphatic carbocycles. The highest BCUT2D eigenvalue weighted by Gasteiger charge is 2.24. The second-order valence-electron chi connectivity index (χ2n) is 4.53. The lowest BCUT2D eigenvalue weighted by Gasteiger charge is -2.33. The van der Waals surface area contributed by atoms with Crippen molar-refractivity contribution < 1.29 is 9.90 Å². The number of nitrogens with zero attached hydrogens (tertiary/aromatic N) is 1. The number of piperidine rings is 1. The fourth-order valence-electron chi connectivity index (χ4n) is 2.34. The summed E-state index contributed by atoms with van der Waals surface area (Å²) in [5.41, 5.74) is 2.31. The molecule has 0 aromatic heterocycles. The van der Waals surface area contributed by atoms with E-state index >= 15 is 0 Å². The monoisotopic (exact) mass is 253 g/mol. The van der Waals surface area contributed by atoms with Crippen LogP contribution in [0.5, 0.6) is 0 Å². The molecule has 0 atom stereocenters. The lowest BCUT2D eigenvalue weighted by atomic mass is 9.96. The summed E-state index contributed by atoms with van der Waals surface area (Å²) < 4.78 is 0. The van der Waals surface area contributed by atoms with Crippen molar-refractivity contribution >= 4 is 23.3 Å². The molecule has 0 amide bonds. The lowest BCUT2D eigenvalue weighted by molar-refractivity contribution is -0.142. The van der Waals surface area contributed by atoms with Gasteiger partial charge in [-0.15, -0.1) is 0 Å². The molecular formula is C13H16ClNO2. The van der Waals surface area contributed by atoms with E-state index < -0.39 is 5.97 Å². The van der Waals surface area contributed by atoms with Crippen molar-refractivity contribution in [2.75, 3.05) is 18.0 Å². The highest BCUT2D eigenvalue weighted by molar-refractivity contribution is 6.30. The molecule has 1 aromatic carbocycles. The van der Waals surface area contributed by atoms with Crippen LogP contribution in [0.1, 0.15) is 18.4 Å². The van der Waals surface area contributed by atoms with Crippen LogP contribution in [0.15, 0.2) is 18.2 Å². The van der Waals surface area contributed by atoms with Crippen molar-refractivity contribution in [3.8, 4) is 0 Å². The van der Waals surface area contributed by atoms with Gasteiger partial charge in [0.1, 0.15) is 0 Å². The maximum absolute atomic E-state index is 10.9. The number of carboxylic acids is 1. The first-order valence-electron chi connectivity index (χ1n) is 5.82. The minimum absolute atomic E-state index is 0.182. The van der Waals surface area contributed by atoms with Crippen LogP contribution in [-0.4, -0.2) is 24.2 Å². The van der Waals surface area contributed by atoms with E-state index in [1.54, 1.807) is 0 Å². The van der Waals surface area contributed by atoms with Gasteiger partial charge in [0.25, 0.3) is 0 Å². The van der Waals surface area contributed by atoms with Crippen LogP contribution >= 0.6 is 11.6 Å². The number of rotatable bonds is 2. The molecule has 1 N–H and O–H groups in total. The Balaban J connectivity index is 2.08. The first kappa shape index (κ1) is 12.2. The van der Waals surface area contributed by atoms with E-state index in [4.69, 9.17) is 16.7 Å². The Morgan fingerprint density at radius 1 is 1.41 bits per heavy atom. The Labute approximate surface area is 106 Å². The molecule has 0 radical (unpaired) electrons. The summed E-state index contributed by atoms with van der Waals surface area (Å²) >= 11 is 5.92. The predicted octanol–water partition coefficient (Wildman–Crippen LogP) is 2.95. The summed E-state index contributed by atoms with van der Waals surface area (Å²) in [6, 6.07) is 5.84. The summed E-state index contributed by atoms with van der Waals surface area (Å²) in [7, 11) is 0. The van der Waals surface area contributed by atoms with Gasteiger partial charge in [-0.05, 0) is 43.5 Å². The normalized spacial score (nSPS) is 17.2. The van der Waals surface area contributed by atoms with E-state index in [0.29, 0.717) is 0 Å². The fraction of sp³-hybridized carbons (Fsp3) is 0.462. The summed E-state index contributed by atoms with van der Waals surface area (Å²) in [4.78, 5) is 13.1. The molecule has 1 aliphatic rings. The number of halogens is 1. The summed E-state index contributed by atoms with van der Waals surface area (Å²) in [5.74, 6) is -0.851. The number of aryl methyl sites for hydroxylation is 1. The standard InChI is InChI=1S/C13H16ClNO2/c1-9-8-11(14)2-3-12(9)15-6-4-10(5-7-15)13(16)17/h2-3,8,10H,4-7H2,1H3,(H,16,17). The van der Waals surface area contributed by atoms with E-state index in [1.807, 2.05) is 25.1 Å². The molecule has 1 fully saturated rings. The Morgan fingerprint density at radius 2 is 2.06 bits per heavy atom. The van der Waals surface area contributed by atoms with Gasteiger partial charge in [0.2, 0.25) is 0 Å². The average Bonchev–Trinajstić information content (AvgIpc) is 2.29. The molecule has 2 rings (SSSR count). The SMILES string of the molecule is Cc1cc(Cl)ccc1N1CCC(C(=O)O)CC1. The maximum atomic E-state index is 10.9. The zero-order valence-electron chi connectivity index (χ0n) is 9.82. The van der Waals surface area contributed by atoms with E-state index in [1.165, 1.54) is 5.69 Å². The molecule has 17 heavy (non-hydrogen) atoms. The minimum Gasteiger partial charge on any atom is -0.481 e. The van der Waals surface area contributed by atoms with Gasteiger partial charge in [-0.3, -0.25) is 4.79 Å². The molecule has 0 unspecified atom stereocenters. The van der Waals surface area contributed by atoms with Crippen LogP contribution in [0.3, 0.4) is 0 Å². The number of hydrogen-bond acceptors (Lipinski definition) is 2. The van der Waals surface area contributed by atoms with Crippen molar-refractivity contribution in [2.45, 2.75) is 19.8 Å². The van der Waals surface area contributed by atoms with E-state index in [0.717, 1.165) is 36.5 Å². The lowest BCUT2D eigenvalue weighted by Crippen LogP contribution is -2.36. The topological polar surface area (TPSA) is 40.5 Å². The van der Waals surface area contributed by atoms with E-state index in [9.17, 15) is 4.79 Å². The zero-order chi connectivity index (χ0) is 12.4. The van der Waals surface area contributed by atoms with Gasteiger partial charge in [0.05, 0.1) is 5.92 Å². The first-order valence-corrected chi connectivity index (χ1v) is 6.19. The van der Waals surface area contributed by atoms with Gasteiger partial charge < -0.3 is 10.0 Å². The number of anilines is 1. The Bertz CT molecular complexity index is 425. The second-order valence-corrected chi connectivity index (χ2v) is 4.97. The van der Waals surface area contributed by atoms with Crippen LogP contribution in [0, 0.1) is 12.8 Å². The third-order valence-electron chi connectivity index (χ3n) is 3.34. The van der Waals surface area contributed by atoms with Crippen molar-refractivity contribution in [2.24, 2.45) is 5.92 Å². The van der Waals surface area contributed by atoms with Gasteiger partial charge >= 0.3 is 5.97 Å². The van der Waals surface area contributed by atoms with Crippen LogP contribution in [0.25, 0.3) is 0 Å². The van der Waals surface area contributed by atoms with Gasteiger partial charge in [-0.2, -0.15) is 0 Å². The summed E-state index contributed by atoms with van der Waals surface area (Å²) in [6.45, 7) is 3.64. The Kier molecular flexibility index (Phi) is 3.57. The van der Waals surface area contributed by atoms with Gasteiger partial charge in [-0.25, -0.2) is 0 Å². The van der Waals surface area contributed by atoms with Gasteiger partial charge in [0.15, 0.2) is 0 Å².